The standard InChI is InChI=1S/C14H13N3O2S/c1-3-9-4-5-10-12(8-9)20-14(17(10)2)16-13(18)11-6-7-15-19-11/h4-8H,3H2,1-2H3. The summed E-state index contributed by atoms with van der Waals surface area (Å²) in [6.45, 7) is 2.12. The third-order valence-corrected chi connectivity index (χ3v) is 4.22. The Hall–Kier alpha value is -2.21. The SMILES string of the molecule is CCc1ccc2c(c1)sc(=NC(=O)c1ccno1)n2C. The van der Waals surface area contributed by atoms with Crippen molar-refractivity contribution >= 4 is 27.5 Å². The van der Waals surface area contributed by atoms with Crippen LogP contribution in [0.4, 0.5) is 0 Å². The summed E-state index contributed by atoms with van der Waals surface area (Å²) in [6.07, 6.45) is 2.42. The lowest BCUT2D eigenvalue weighted by atomic mass is 10.2. The minimum Gasteiger partial charge on any atom is -0.351 e. The van der Waals surface area contributed by atoms with Crippen LogP contribution in [-0.4, -0.2) is 15.6 Å². The molecule has 0 saturated carbocycles. The van der Waals surface area contributed by atoms with Gasteiger partial charge in [0.05, 0.1) is 16.4 Å². The molecule has 0 aliphatic rings. The Kier molecular flexibility index (Phi) is 3.23. The van der Waals surface area contributed by atoms with Gasteiger partial charge in [-0.2, -0.15) is 4.99 Å². The second kappa shape index (κ2) is 5.05. The lowest BCUT2D eigenvalue weighted by Crippen LogP contribution is -2.12. The highest BCUT2D eigenvalue weighted by molar-refractivity contribution is 7.16. The Balaban J connectivity index is 2.12. The Labute approximate surface area is 119 Å². The van der Waals surface area contributed by atoms with E-state index in [-0.39, 0.29) is 5.76 Å². The van der Waals surface area contributed by atoms with Crippen molar-refractivity contribution in [3.8, 4) is 0 Å². The number of nitrogens with zero attached hydrogens (tertiary/aromatic N) is 3. The van der Waals surface area contributed by atoms with E-state index in [1.165, 1.54) is 29.2 Å². The zero-order chi connectivity index (χ0) is 14.1. The van der Waals surface area contributed by atoms with Crippen LogP contribution in [0.2, 0.25) is 0 Å². The highest BCUT2D eigenvalue weighted by Gasteiger charge is 2.10. The minimum atomic E-state index is -0.416. The third kappa shape index (κ3) is 2.18. The minimum absolute atomic E-state index is 0.150. The number of hydrogen-bond donors (Lipinski definition) is 0. The Bertz CT molecular complexity index is 828. The van der Waals surface area contributed by atoms with Crippen molar-refractivity contribution in [1.29, 1.82) is 0 Å². The molecule has 1 aromatic carbocycles. The highest BCUT2D eigenvalue weighted by Crippen LogP contribution is 2.18. The molecule has 0 N–H and O–H groups in total. The molecule has 6 heteroatoms. The van der Waals surface area contributed by atoms with E-state index in [9.17, 15) is 4.79 Å². The van der Waals surface area contributed by atoms with E-state index < -0.39 is 5.91 Å². The van der Waals surface area contributed by atoms with Gasteiger partial charge in [-0.25, -0.2) is 0 Å². The second-order valence-electron chi connectivity index (χ2n) is 4.39. The summed E-state index contributed by atoms with van der Waals surface area (Å²) in [4.78, 5) is 16.7. The molecular weight excluding hydrogens is 274 g/mol. The Morgan fingerprint density at radius 2 is 2.30 bits per heavy atom. The summed E-state index contributed by atoms with van der Waals surface area (Å²) in [6, 6.07) is 7.80. The average Bonchev–Trinajstić information content (AvgIpc) is 3.08. The predicted molar refractivity (Wildman–Crippen MR) is 76.6 cm³/mol. The fraction of sp³-hybridized carbons (Fsp3) is 0.214. The summed E-state index contributed by atoms with van der Waals surface area (Å²) in [7, 11) is 1.90. The van der Waals surface area contributed by atoms with Gasteiger partial charge in [-0.3, -0.25) is 4.79 Å². The van der Waals surface area contributed by atoms with E-state index in [1.54, 1.807) is 0 Å². The van der Waals surface area contributed by atoms with Gasteiger partial charge in [0.25, 0.3) is 0 Å². The first kappa shape index (κ1) is 12.8. The number of fused-ring (bicyclic) bond motifs is 1. The zero-order valence-corrected chi connectivity index (χ0v) is 12.0. The fourth-order valence-corrected chi connectivity index (χ4v) is 3.05. The number of carbonyl (C=O) groups excluding carboxylic acids is 1. The van der Waals surface area contributed by atoms with Crippen LogP contribution in [0.1, 0.15) is 23.0 Å². The molecule has 0 saturated heterocycles. The molecular formula is C14H13N3O2S. The van der Waals surface area contributed by atoms with Gasteiger partial charge in [0, 0.05) is 13.1 Å². The molecule has 2 heterocycles. The monoisotopic (exact) mass is 287 g/mol. The van der Waals surface area contributed by atoms with Crippen LogP contribution in [0.5, 0.6) is 0 Å². The van der Waals surface area contributed by atoms with E-state index in [4.69, 9.17) is 4.52 Å². The first-order valence-corrected chi connectivity index (χ1v) is 7.09. The highest BCUT2D eigenvalue weighted by atomic mass is 32.1. The zero-order valence-electron chi connectivity index (χ0n) is 11.2. The van der Waals surface area contributed by atoms with Gasteiger partial charge >= 0.3 is 5.91 Å². The van der Waals surface area contributed by atoms with Crippen LogP contribution in [0, 0.1) is 0 Å². The molecule has 0 aliphatic carbocycles. The third-order valence-electron chi connectivity index (χ3n) is 3.13. The molecule has 0 bridgehead atoms. The molecule has 1 amide bonds. The smallest absolute Gasteiger partial charge is 0.318 e. The molecule has 102 valence electrons. The van der Waals surface area contributed by atoms with Crippen molar-refractivity contribution in [2.24, 2.45) is 12.0 Å². The van der Waals surface area contributed by atoms with Gasteiger partial charge in [-0.15, -0.1) is 0 Å². The molecule has 2 aromatic heterocycles. The van der Waals surface area contributed by atoms with Crippen LogP contribution in [0.15, 0.2) is 40.0 Å². The number of aromatic nitrogens is 2. The molecule has 5 nitrogen and oxygen atoms in total. The van der Waals surface area contributed by atoms with Crippen molar-refractivity contribution in [3.05, 3.63) is 46.6 Å². The van der Waals surface area contributed by atoms with Crippen LogP contribution in [0.25, 0.3) is 10.2 Å². The van der Waals surface area contributed by atoms with Crippen LogP contribution in [-0.2, 0) is 13.5 Å². The molecule has 3 rings (SSSR count). The molecule has 20 heavy (non-hydrogen) atoms. The van der Waals surface area contributed by atoms with E-state index in [2.05, 4.69) is 35.3 Å². The number of carbonyl (C=O) groups is 1. The number of thiazole rings is 1. The molecule has 0 atom stereocenters. The molecule has 3 aromatic rings. The van der Waals surface area contributed by atoms with Gasteiger partial charge in [0.15, 0.2) is 4.80 Å². The average molecular weight is 287 g/mol. The molecule has 0 radical (unpaired) electrons. The van der Waals surface area contributed by atoms with E-state index >= 15 is 0 Å². The quantitative estimate of drug-likeness (QED) is 0.727. The fourth-order valence-electron chi connectivity index (χ4n) is 1.97. The molecule has 0 aliphatic heterocycles. The predicted octanol–water partition coefficient (Wildman–Crippen LogP) is 2.53. The first-order chi connectivity index (χ1) is 9.69. The summed E-state index contributed by atoms with van der Waals surface area (Å²) >= 11 is 1.49. The molecule has 0 spiro atoms. The summed E-state index contributed by atoms with van der Waals surface area (Å²) < 4.78 is 7.85. The van der Waals surface area contributed by atoms with Gasteiger partial charge in [-0.05, 0) is 24.1 Å². The summed E-state index contributed by atoms with van der Waals surface area (Å²) in [5.74, 6) is -0.267. The molecule has 0 fully saturated rings. The number of benzene rings is 1. The Morgan fingerprint density at radius 3 is 3.00 bits per heavy atom. The maximum atomic E-state index is 11.9. The van der Waals surface area contributed by atoms with Crippen LogP contribution < -0.4 is 4.80 Å². The normalized spacial score (nSPS) is 12.2. The van der Waals surface area contributed by atoms with Gasteiger partial charge in [0.2, 0.25) is 5.76 Å². The first-order valence-electron chi connectivity index (χ1n) is 6.27. The van der Waals surface area contributed by atoms with E-state index in [0.29, 0.717) is 4.80 Å². The maximum Gasteiger partial charge on any atom is 0.318 e. The lowest BCUT2D eigenvalue weighted by molar-refractivity contribution is 0.0962. The number of aryl methyl sites for hydroxylation is 2. The van der Waals surface area contributed by atoms with Crippen molar-refractivity contribution in [3.63, 3.8) is 0 Å². The summed E-state index contributed by atoms with van der Waals surface area (Å²) in [5, 5.41) is 3.51. The van der Waals surface area contributed by atoms with E-state index in [1.807, 2.05) is 11.6 Å². The summed E-state index contributed by atoms with van der Waals surface area (Å²) in [5.41, 5.74) is 2.34. The maximum absolute atomic E-state index is 11.9. The molecule has 0 unspecified atom stereocenters. The van der Waals surface area contributed by atoms with Gasteiger partial charge < -0.3 is 9.09 Å². The topological polar surface area (TPSA) is 60.4 Å². The van der Waals surface area contributed by atoms with E-state index in [0.717, 1.165) is 16.6 Å². The largest absolute Gasteiger partial charge is 0.351 e. The van der Waals surface area contributed by atoms with Crippen molar-refractivity contribution in [1.82, 2.24) is 9.72 Å². The van der Waals surface area contributed by atoms with Gasteiger partial charge in [0.1, 0.15) is 0 Å². The number of amides is 1. The lowest BCUT2D eigenvalue weighted by Gasteiger charge is -1.97. The Morgan fingerprint density at radius 1 is 1.45 bits per heavy atom. The number of rotatable bonds is 2. The van der Waals surface area contributed by atoms with Crippen molar-refractivity contribution in [2.45, 2.75) is 13.3 Å². The number of hydrogen-bond acceptors (Lipinski definition) is 4. The van der Waals surface area contributed by atoms with Crippen molar-refractivity contribution < 1.29 is 9.32 Å². The second-order valence-corrected chi connectivity index (χ2v) is 5.40. The van der Waals surface area contributed by atoms with Crippen molar-refractivity contribution in [2.75, 3.05) is 0 Å². The van der Waals surface area contributed by atoms with Crippen LogP contribution in [0.3, 0.4) is 0 Å². The van der Waals surface area contributed by atoms with Gasteiger partial charge in [-0.1, -0.05) is 29.5 Å². The van der Waals surface area contributed by atoms with Crippen LogP contribution >= 0.6 is 11.3 Å².